The number of nitrogens with zero attached hydrogens (tertiary/aromatic N) is 2. The maximum absolute atomic E-state index is 12.0. The molecule has 1 aromatic heterocycles. The Morgan fingerprint density at radius 3 is 2.79 bits per heavy atom. The summed E-state index contributed by atoms with van der Waals surface area (Å²) in [5.74, 6) is 0. The van der Waals surface area contributed by atoms with Crippen LogP contribution >= 0.6 is 23.1 Å². The second kappa shape index (κ2) is 5.45. The summed E-state index contributed by atoms with van der Waals surface area (Å²) in [5, 5.41) is 10.3. The molecule has 2 rings (SSSR count). The van der Waals surface area contributed by atoms with Crippen molar-refractivity contribution < 1.29 is 17.9 Å². The van der Waals surface area contributed by atoms with Crippen molar-refractivity contribution in [1.29, 1.82) is 0 Å². The average molecular weight is 313 g/mol. The standard InChI is InChI=1S/C10H14F3N3OS2/c1-9(2)3-6(4-17-9)18-8-16-15-7(19-8)14-5-10(11,12)13/h6H,3-5H2,1-2H3,(H,14,15). The summed E-state index contributed by atoms with van der Waals surface area (Å²) in [4.78, 5) is 0. The molecule has 1 aromatic rings. The Bertz CT molecular complexity index is 436. The highest BCUT2D eigenvalue weighted by atomic mass is 32.2. The highest BCUT2D eigenvalue weighted by Gasteiger charge is 2.33. The second-order valence-electron chi connectivity index (χ2n) is 4.86. The molecule has 19 heavy (non-hydrogen) atoms. The third-order valence-electron chi connectivity index (χ3n) is 2.49. The molecule has 0 radical (unpaired) electrons. The van der Waals surface area contributed by atoms with E-state index in [0.29, 0.717) is 10.9 Å². The first-order valence-electron chi connectivity index (χ1n) is 5.68. The molecule has 4 nitrogen and oxygen atoms in total. The van der Waals surface area contributed by atoms with Gasteiger partial charge in [-0.1, -0.05) is 23.1 Å². The zero-order chi connectivity index (χ0) is 14.1. The van der Waals surface area contributed by atoms with E-state index in [2.05, 4.69) is 15.5 Å². The van der Waals surface area contributed by atoms with E-state index in [9.17, 15) is 13.2 Å². The molecule has 0 amide bonds. The highest BCUT2D eigenvalue weighted by molar-refractivity contribution is 8.01. The lowest BCUT2D eigenvalue weighted by atomic mass is 10.1. The normalized spacial score (nSPS) is 22.7. The van der Waals surface area contributed by atoms with Crippen LogP contribution in [-0.4, -0.2) is 40.4 Å². The topological polar surface area (TPSA) is 47.0 Å². The number of ether oxygens (including phenoxy) is 1. The molecule has 108 valence electrons. The summed E-state index contributed by atoms with van der Waals surface area (Å²) in [6, 6.07) is 0. The van der Waals surface area contributed by atoms with Gasteiger partial charge >= 0.3 is 6.18 Å². The average Bonchev–Trinajstić information content (AvgIpc) is 2.82. The van der Waals surface area contributed by atoms with Crippen LogP contribution in [0.3, 0.4) is 0 Å². The molecular formula is C10H14F3N3OS2. The Morgan fingerprint density at radius 2 is 2.21 bits per heavy atom. The number of rotatable bonds is 4. The Hall–Kier alpha value is -0.540. The van der Waals surface area contributed by atoms with Crippen LogP contribution in [0.15, 0.2) is 4.34 Å². The van der Waals surface area contributed by atoms with Crippen molar-refractivity contribution in [2.45, 2.75) is 41.6 Å². The van der Waals surface area contributed by atoms with Gasteiger partial charge in [-0.15, -0.1) is 10.2 Å². The molecule has 0 aliphatic carbocycles. The molecule has 1 fully saturated rings. The highest BCUT2D eigenvalue weighted by Crippen LogP contribution is 2.37. The van der Waals surface area contributed by atoms with Crippen LogP contribution in [0.25, 0.3) is 0 Å². The minimum Gasteiger partial charge on any atom is -0.374 e. The Balaban J connectivity index is 1.84. The molecule has 0 spiro atoms. The van der Waals surface area contributed by atoms with E-state index in [0.717, 1.165) is 17.8 Å². The number of alkyl halides is 3. The molecule has 0 saturated carbocycles. The molecule has 0 aromatic carbocycles. The summed E-state index contributed by atoms with van der Waals surface area (Å²) in [6.07, 6.45) is -3.36. The summed E-state index contributed by atoms with van der Waals surface area (Å²) < 4.78 is 42.4. The van der Waals surface area contributed by atoms with Gasteiger partial charge in [0.25, 0.3) is 0 Å². The van der Waals surface area contributed by atoms with E-state index in [-0.39, 0.29) is 16.0 Å². The number of hydrogen-bond donors (Lipinski definition) is 1. The first-order valence-corrected chi connectivity index (χ1v) is 7.38. The van der Waals surface area contributed by atoms with E-state index in [1.165, 1.54) is 11.8 Å². The van der Waals surface area contributed by atoms with Crippen molar-refractivity contribution in [1.82, 2.24) is 10.2 Å². The van der Waals surface area contributed by atoms with Gasteiger partial charge in [-0.05, 0) is 20.3 Å². The third-order valence-corrected chi connectivity index (χ3v) is 4.63. The van der Waals surface area contributed by atoms with Gasteiger partial charge in [0.2, 0.25) is 5.13 Å². The van der Waals surface area contributed by atoms with Crippen LogP contribution in [-0.2, 0) is 4.74 Å². The van der Waals surface area contributed by atoms with Gasteiger partial charge in [0.15, 0.2) is 4.34 Å². The van der Waals surface area contributed by atoms with Crippen molar-refractivity contribution in [2.24, 2.45) is 0 Å². The Morgan fingerprint density at radius 1 is 1.47 bits per heavy atom. The fourth-order valence-electron chi connectivity index (χ4n) is 1.71. The number of anilines is 1. The second-order valence-corrected chi connectivity index (χ2v) is 7.38. The summed E-state index contributed by atoms with van der Waals surface area (Å²) in [5.41, 5.74) is -0.139. The monoisotopic (exact) mass is 313 g/mol. The predicted octanol–water partition coefficient (Wildman–Crippen LogP) is 3.17. The lowest BCUT2D eigenvalue weighted by Gasteiger charge is -2.15. The maximum Gasteiger partial charge on any atom is 0.405 e. The van der Waals surface area contributed by atoms with Gasteiger partial charge in [0, 0.05) is 5.25 Å². The van der Waals surface area contributed by atoms with E-state index in [1.807, 2.05) is 13.8 Å². The van der Waals surface area contributed by atoms with E-state index in [1.54, 1.807) is 0 Å². The Kier molecular flexibility index (Phi) is 4.26. The molecule has 9 heteroatoms. The van der Waals surface area contributed by atoms with Gasteiger partial charge in [0.05, 0.1) is 12.2 Å². The minimum atomic E-state index is -4.25. The van der Waals surface area contributed by atoms with Crippen molar-refractivity contribution >= 4 is 28.2 Å². The molecule has 1 unspecified atom stereocenters. The third kappa shape index (κ3) is 4.81. The van der Waals surface area contributed by atoms with Gasteiger partial charge < -0.3 is 10.1 Å². The van der Waals surface area contributed by atoms with Gasteiger partial charge in [-0.3, -0.25) is 0 Å². The number of nitrogens with one attached hydrogen (secondary N) is 1. The smallest absolute Gasteiger partial charge is 0.374 e. The largest absolute Gasteiger partial charge is 0.405 e. The first kappa shape index (κ1) is 14.9. The number of aromatic nitrogens is 2. The van der Waals surface area contributed by atoms with Crippen LogP contribution in [0, 0.1) is 0 Å². The van der Waals surface area contributed by atoms with E-state index < -0.39 is 12.7 Å². The van der Waals surface area contributed by atoms with Crippen LogP contribution in [0.4, 0.5) is 18.3 Å². The fourth-order valence-corrected chi connectivity index (χ4v) is 4.01. The predicted molar refractivity (Wildman–Crippen MR) is 68.7 cm³/mol. The van der Waals surface area contributed by atoms with Crippen LogP contribution in [0.5, 0.6) is 0 Å². The zero-order valence-corrected chi connectivity index (χ0v) is 12.1. The molecule has 1 aliphatic heterocycles. The molecule has 2 heterocycles. The van der Waals surface area contributed by atoms with Crippen LogP contribution < -0.4 is 5.32 Å². The maximum atomic E-state index is 12.0. The molecule has 1 atom stereocenters. The lowest BCUT2D eigenvalue weighted by Crippen LogP contribution is -2.21. The van der Waals surface area contributed by atoms with Gasteiger partial charge in [-0.25, -0.2) is 0 Å². The molecule has 1 saturated heterocycles. The number of hydrogen-bond acceptors (Lipinski definition) is 6. The number of thioether (sulfide) groups is 1. The SMILES string of the molecule is CC1(C)CC(Sc2nnc(NCC(F)(F)F)s2)CO1. The van der Waals surface area contributed by atoms with E-state index in [4.69, 9.17) is 4.74 Å². The van der Waals surface area contributed by atoms with Crippen LogP contribution in [0.1, 0.15) is 20.3 Å². The van der Waals surface area contributed by atoms with Crippen molar-refractivity contribution in [3.63, 3.8) is 0 Å². The fraction of sp³-hybridized carbons (Fsp3) is 0.800. The quantitative estimate of drug-likeness (QED) is 0.925. The molecule has 0 bridgehead atoms. The molecule has 1 N–H and O–H groups in total. The number of halogens is 3. The minimum absolute atomic E-state index is 0.139. The van der Waals surface area contributed by atoms with Gasteiger partial charge in [-0.2, -0.15) is 13.2 Å². The summed E-state index contributed by atoms with van der Waals surface area (Å²) in [6.45, 7) is 3.57. The zero-order valence-electron chi connectivity index (χ0n) is 10.5. The molecular weight excluding hydrogens is 299 g/mol. The van der Waals surface area contributed by atoms with Gasteiger partial charge in [0.1, 0.15) is 6.54 Å². The van der Waals surface area contributed by atoms with Crippen molar-refractivity contribution in [3.8, 4) is 0 Å². The first-order chi connectivity index (χ1) is 8.73. The van der Waals surface area contributed by atoms with Crippen molar-refractivity contribution in [2.75, 3.05) is 18.5 Å². The summed E-state index contributed by atoms with van der Waals surface area (Å²) in [7, 11) is 0. The van der Waals surface area contributed by atoms with E-state index >= 15 is 0 Å². The van der Waals surface area contributed by atoms with Crippen molar-refractivity contribution in [3.05, 3.63) is 0 Å². The van der Waals surface area contributed by atoms with Crippen LogP contribution in [0.2, 0.25) is 0 Å². The lowest BCUT2D eigenvalue weighted by molar-refractivity contribution is -0.115. The summed E-state index contributed by atoms with van der Waals surface area (Å²) >= 11 is 2.64. The Labute approximate surface area is 117 Å². The molecule has 1 aliphatic rings.